The lowest BCUT2D eigenvalue weighted by atomic mass is 10.1. The molecule has 10 heteroatoms. The monoisotopic (exact) mass is 504 g/mol. The lowest BCUT2D eigenvalue weighted by molar-refractivity contribution is -0.122. The summed E-state index contributed by atoms with van der Waals surface area (Å²) >= 11 is 0. The van der Waals surface area contributed by atoms with E-state index in [-0.39, 0.29) is 5.91 Å². The summed E-state index contributed by atoms with van der Waals surface area (Å²) in [7, 11) is 5.53. The second-order valence-corrected chi connectivity index (χ2v) is 9.11. The number of ether oxygens (including phenoxy) is 2. The molecule has 10 nitrogen and oxygen atoms in total. The molecular formula is C27H32N6O4. The van der Waals surface area contributed by atoms with Crippen molar-refractivity contribution in [1.29, 1.82) is 0 Å². The van der Waals surface area contributed by atoms with E-state index < -0.39 is 6.10 Å². The quantitative estimate of drug-likeness (QED) is 0.359. The molecule has 0 spiro atoms. The molecular weight excluding hydrogens is 472 g/mol. The first-order valence-electron chi connectivity index (χ1n) is 11.9. The second-order valence-electron chi connectivity index (χ2n) is 9.11. The van der Waals surface area contributed by atoms with Crippen molar-refractivity contribution in [2.75, 3.05) is 26.5 Å². The minimum atomic E-state index is -0.811. The van der Waals surface area contributed by atoms with Gasteiger partial charge in [-0.1, -0.05) is 6.07 Å². The standard InChI is InChI=1S/C27H32N6O4/c1-16-13-17(2)33(31-16)25-14-24(28-26(30-25)23-12-11-18(3)36-23)29-27(34)19(4)37-22-10-8-9-21(35-7)20(22)15-32(5)6/h8-14,19H,15H2,1-7H3,(H,28,29,30,34). The number of amides is 1. The Morgan fingerprint density at radius 2 is 1.86 bits per heavy atom. The first-order chi connectivity index (χ1) is 17.6. The van der Waals surface area contributed by atoms with Crippen molar-refractivity contribution in [2.45, 2.75) is 40.3 Å². The summed E-state index contributed by atoms with van der Waals surface area (Å²) in [4.78, 5) is 24.4. The van der Waals surface area contributed by atoms with Gasteiger partial charge in [-0.2, -0.15) is 5.10 Å². The highest BCUT2D eigenvalue weighted by atomic mass is 16.5. The first kappa shape index (κ1) is 25.9. The third-order valence-electron chi connectivity index (χ3n) is 5.61. The summed E-state index contributed by atoms with van der Waals surface area (Å²) in [6.45, 7) is 7.98. The fourth-order valence-corrected chi connectivity index (χ4v) is 3.92. The molecule has 194 valence electrons. The molecule has 0 bridgehead atoms. The van der Waals surface area contributed by atoms with E-state index in [1.165, 1.54) is 0 Å². The highest BCUT2D eigenvalue weighted by molar-refractivity contribution is 5.93. The smallest absolute Gasteiger partial charge is 0.266 e. The molecule has 0 saturated carbocycles. The van der Waals surface area contributed by atoms with Gasteiger partial charge in [-0.15, -0.1) is 0 Å². The van der Waals surface area contributed by atoms with Gasteiger partial charge >= 0.3 is 0 Å². The molecule has 1 amide bonds. The van der Waals surface area contributed by atoms with Crippen LogP contribution in [0.2, 0.25) is 0 Å². The Bertz CT molecular complexity index is 1410. The molecule has 0 saturated heterocycles. The largest absolute Gasteiger partial charge is 0.496 e. The normalized spacial score (nSPS) is 12.0. The van der Waals surface area contributed by atoms with E-state index in [9.17, 15) is 4.79 Å². The predicted molar refractivity (Wildman–Crippen MR) is 140 cm³/mol. The number of furan rings is 1. The van der Waals surface area contributed by atoms with E-state index in [1.807, 2.05) is 70.1 Å². The average Bonchev–Trinajstić information content (AvgIpc) is 3.43. The predicted octanol–water partition coefficient (Wildman–Crippen LogP) is 4.32. The summed E-state index contributed by atoms with van der Waals surface area (Å²) in [5.41, 5.74) is 2.61. The van der Waals surface area contributed by atoms with Crippen LogP contribution >= 0.6 is 0 Å². The Morgan fingerprint density at radius 1 is 1.11 bits per heavy atom. The maximum Gasteiger partial charge on any atom is 0.266 e. The van der Waals surface area contributed by atoms with Crippen LogP contribution in [0.25, 0.3) is 17.4 Å². The summed E-state index contributed by atoms with van der Waals surface area (Å²) in [6.07, 6.45) is -0.811. The lowest BCUT2D eigenvalue weighted by Gasteiger charge is -2.20. The summed E-state index contributed by atoms with van der Waals surface area (Å²) in [6, 6.07) is 12.8. The Balaban J connectivity index is 1.62. The molecule has 0 radical (unpaired) electrons. The number of aromatic nitrogens is 4. The van der Waals surface area contributed by atoms with Crippen molar-refractivity contribution in [3.05, 3.63) is 65.2 Å². The third kappa shape index (κ3) is 5.97. The number of nitrogens with one attached hydrogen (secondary N) is 1. The van der Waals surface area contributed by atoms with Gasteiger partial charge in [0.15, 0.2) is 23.5 Å². The van der Waals surface area contributed by atoms with E-state index >= 15 is 0 Å². The van der Waals surface area contributed by atoms with E-state index in [1.54, 1.807) is 30.8 Å². The van der Waals surface area contributed by atoms with Gasteiger partial charge in [0.25, 0.3) is 5.91 Å². The Labute approximate surface area is 216 Å². The fourth-order valence-electron chi connectivity index (χ4n) is 3.92. The number of anilines is 1. The summed E-state index contributed by atoms with van der Waals surface area (Å²) in [5, 5.41) is 7.39. The number of methoxy groups -OCH3 is 1. The van der Waals surface area contributed by atoms with E-state index in [4.69, 9.17) is 13.9 Å². The van der Waals surface area contributed by atoms with Crippen LogP contribution in [0.5, 0.6) is 11.5 Å². The first-order valence-corrected chi connectivity index (χ1v) is 11.9. The molecule has 4 aromatic rings. The highest BCUT2D eigenvalue weighted by Crippen LogP contribution is 2.30. The lowest BCUT2D eigenvalue weighted by Crippen LogP contribution is -2.31. The molecule has 4 rings (SSSR count). The van der Waals surface area contributed by atoms with Crippen LogP contribution in [-0.2, 0) is 11.3 Å². The Hall–Kier alpha value is -4.18. The van der Waals surface area contributed by atoms with Gasteiger partial charge < -0.3 is 24.1 Å². The van der Waals surface area contributed by atoms with Gasteiger partial charge in [0.1, 0.15) is 23.1 Å². The van der Waals surface area contributed by atoms with Crippen LogP contribution in [0.1, 0.15) is 29.6 Å². The van der Waals surface area contributed by atoms with Crippen molar-refractivity contribution < 1.29 is 18.7 Å². The molecule has 3 heterocycles. The van der Waals surface area contributed by atoms with Crippen molar-refractivity contribution in [3.8, 4) is 28.9 Å². The van der Waals surface area contributed by atoms with E-state index in [0.717, 1.165) is 22.7 Å². The van der Waals surface area contributed by atoms with Crippen LogP contribution in [0.3, 0.4) is 0 Å². The highest BCUT2D eigenvalue weighted by Gasteiger charge is 2.21. The van der Waals surface area contributed by atoms with Crippen LogP contribution in [0.15, 0.2) is 46.9 Å². The molecule has 0 aliphatic carbocycles. The molecule has 1 atom stereocenters. The van der Waals surface area contributed by atoms with E-state index in [2.05, 4.69) is 20.4 Å². The maximum absolute atomic E-state index is 13.2. The van der Waals surface area contributed by atoms with Gasteiger partial charge in [0.2, 0.25) is 0 Å². The molecule has 1 aromatic carbocycles. The third-order valence-corrected chi connectivity index (χ3v) is 5.61. The zero-order valence-corrected chi connectivity index (χ0v) is 22.2. The minimum absolute atomic E-state index is 0.307. The number of nitrogens with zero attached hydrogens (tertiary/aromatic N) is 5. The van der Waals surface area contributed by atoms with Crippen molar-refractivity contribution in [2.24, 2.45) is 0 Å². The zero-order valence-electron chi connectivity index (χ0n) is 22.2. The average molecular weight is 505 g/mol. The molecule has 0 aliphatic rings. The van der Waals surface area contributed by atoms with Crippen molar-refractivity contribution in [1.82, 2.24) is 24.6 Å². The number of hydrogen-bond acceptors (Lipinski definition) is 8. The van der Waals surface area contributed by atoms with Gasteiger partial charge in [0.05, 0.1) is 18.4 Å². The van der Waals surface area contributed by atoms with Crippen LogP contribution < -0.4 is 14.8 Å². The van der Waals surface area contributed by atoms with E-state index in [0.29, 0.717) is 41.3 Å². The zero-order chi connectivity index (χ0) is 26.7. The van der Waals surface area contributed by atoms with Crippen LogP contribution in [-0.4, -0.2) is 57.9 Å². The number of aryl methyl sites for hydroxylation is 3. The molecule has 1 unspecified atom stereocenters. The maximum atomic E-state index is 13.2. The number of carbonyl (C=O) groups is 1. The number of rotatable bonds is 9. The summed E-state index contributed by atoms with van der Waals surface area (Å²) < 4.78 is 19.0. The molecule has 1 N–H and O–H groups in total. The Morgan fingerprint density at radius 3 is 2.49 bits per heavy atom. The summed E-state index contributed by atoms with van der Waals surface area (Å²) in [5.74, 6) is 3.29. The second kappa shape index (κ2) is 10.8. The Kier molecular flexibility index (Phi) is 7.58. The van der Waals surface area contributed by atoms with Crippen LogP contribution in [0, 0.1) is 20.8 Å². The van der Waals surface area contributed by atoms with Crippen LogP contribution in [0.4, 0.5) is 5.82 Å². The van der Waals surface area contributed by atoms with Gasteiger partial charge in [-0.05, 0) is 72.1 Å². The fraction of sp³-hybridized carbons (Fsp3) is 0.333. The number of carbonyl (C=O) groups excluding carboxylic acids is 1. The SMILES string of the molecule is COc1cccc(OC(C)C(=O)Nc2cc(-n3nc(C)cc3C)nc(-c3ccc(C)o3)n2)c1CN(C)C. The molecule has 3 aromatic heterocycles. The van der Waals surface area contributed by atoms with Gasteiger partial charge in [-0.3, -0.25) is 4.79 Å². The molecule has 37 heavy (non-hydrogen) atoms. The van der Waals surface area contributed by atoms with Crippen molar-refractivity contribution >= 4 is 11.7 Å². The number of benzene rings is 1. The van der Waals surface area contributed by atoms with Gasteiger partial charge in [0, 0.05) is 18.3 Å². The molecule has 0 aliphatic heterocycles. The van der Waals surface area contributed by atoms with Gasteiger partial charge in [-0.25, -0.2) is 14.6 Å². The van der Waals surface area contributed by atoms with Crippen molar-refractivity contribution in [3.63, 3.8) is 0 Å². The topological polar surface area (TPSA) is 108 Å². The number of hydrogen-bond donors (Lipinski definition) is 1. The molecule has 0 fully saturated rings. The minimum Gasteiger partial charge on any atom is -0.496 e.